The van der Waals surface area contributed by atoms with Crippen LogP contribution in [0.5, 0.6) is 0 Å². The van der Waals surface area contributed by atoms with E-state index in [2.05, 4.69) is 49.2 Å². The molecule has 0 amide bonds. The van der Waals surface area contributed by atoms with Gasteiger partial charge < -0.3 is 0 Å². The van der Waals surface area contributed by atoms with Gasteiger partial charge in [-0.2, -0.15) is 0 Å². The fourth-order valence-electron chi connectivity index (χ4n) is 1.43. The third kappa shape index (κ3) is 4.74. The molecule has 0 aliphatic heterocycles. The summed E-state index contributed by atoms with van der Waals surface area (Å²) in [5.74, 6) is 0. The summed E-state index contributed by atoms with van der Waals surface area (Å²) < 4.78 is 0. The topological polar surface area (TPSA) is 12.9 Å². The van der Waals surface area contributed by atoms with Crippen LogP contribution in [0.1, 0.15) is 31.4 Å². The summed E-state index contributed by atoms with van der Waals surface area (Å²) in [6.07, 6.45) is 15.3. The molecule has 0 spiro atoms. The van der Waals surface area contributed by atoms with Crippen molar-refractivity contribution in [2.45, 2.75) is 27.2 Å². The Labute approximate surface area is 98.2 Å². The van der Waals surface area contributed by atoms with Gasteiger partial charge in [0.25, 0.3) is 0 Å². The second kappa shape index (κ2) is 6.78. The van der Waals surface area contributed by atoms with E-state index in [9.17, 15) is 0 Å². The number of rotatable bonds is 4. The number of aryl methyl sites for hydroxylation is 1. The molecule has 1 aromatic heterocycles. The molecule has 0 atom stereocenters. The van der Waals surface area contributed by atoms with Gasteiger partial charge in [-0.25, -0.2) is 0 Å². The van der Waals surface area contributed by atoms with Gasteiger partial charge in [-0.15, -0.1) is 0 Å². The Balaban J connectivity index is 2.58. The Kier molecular flexibility index (Phi) is 5.27. The monoisotopic (exact) mass is 213 g/mol. The molecule has 0 aromatic carbocycles. The molecule has 1 heteroatoms. The normalized spacial score (nSPS) is 12.8. The van der Waals surface area contributed by atoms with Crippen LogP contribution in [0, 0.1) is 6.92 Å². The Hall–Kier alpha value is -1.63. The Morgan fingerprint density at radius 3 is 2.81 bits per heavy atom. The van der Waals surface area contributed by atoms with Crippen molar-refractivity contribution >= 4 is 6.08 Å². The second-order valence-electron chi connectivity index (χ2n) is 3.87. The number of hydrogen-bond donors (Lipinski definition) is 0. The Morgan fingerprint density at radius 1 is 1.31 bits per heavy atom. The highest BCUT2D eigenvalue weighted by Gasteiger charge is 1.86. The molecule has 0 saturated heterocycles. The molecule has 0 aliphatic carbocycles. The van der Waals surface area contributed by atoms with Gasteiger partial charge in [0.1, 0.15) is 0 Å². The summed E-state index contributed by atoms with van der Waals surface area (Å²) in [7, 11) is 0. The van der Waals surface area contributed by atoms with E-state index in [0.29, 0.717) is 0 Å². The molecule has 1 rings (SSSR count). The lowest BCUT2D eigenvalue weighted by Gasteiger charge is -1.93. The first kappa shape index (κ1) is 12.4. The van der Waals surface area contributed by atoms with Crippen molar-refractivity contribution in [1.29, 1.82) is 0 Å². The smallest absolute Gasteiger partial charge is 0.0340 e. The average molecular weight is 213 g/mol. The summed E-state index contributed by atoms with van der Waals surface area (Å²) in [5.41, 5.74) is 3.63. The van der Waals surface area contributed by atoms with E-state index in [0.717, 1.165) is 12.0 Å². The highest BCUT2D eigenvalue weighted by Crippen LogP contribution is 2.04. The molecule has 1 nitrogen and oxygen atoms in total. The summed E-state index contributed by atoms with van der Waals surface area (Å²) in [5, 5.41) is 0. The van der Waals surface area contributed by atoms with E-state index in [4.69, 9.17) is 0 Å². The number of aromatic nitrogens is 1. The van der Waals surface area contributed by atoms with Gasteiger partial charge in [0, 0.05) is 12.4 Å². The maximum Gasteiger partial charge on any atom is 0.0340 e. The zero-order valence-corrected chi connectivity index (χ0v) is 10.3. The molecule has 0 aliphatic rings. The SMILES string of the molecule is CC\C=C(C)/C=C\C=C\c1cncc(C)c1. The van der Waals surface area contributed by atoms with Gasteiger partial charge in [0.15, 0.2) is 0 Å². The van der Waals surface area contributed by atoms with Crippen molar-refractivity contribution in [1.82, 2.24) is 4.98 Å². The van der Waals surface area contributed by atoms with Crippen LogP contribution in [0.4, 0.5) is 0 Å². The van der Waals surface area contributed by atoms with Crippen LogP contribution in [0.15, 0.2) is 48.3 Å². The third-order valence-corrected chi connectivity index (χ3v) is 2.18. The van der Waals surface area contributed by atoms with Gasteiger partial charge >= 0.3 is 0 Å². The quantitative estimate of drug-likeness (QED) is 0.679. The first-order chi connectivity index (χ1) is 7.72. The molecular formula is C15H19N. The highest BCUT2D eigenvalue weighted by atomic mass is 14.6. The molecule has 0 saturated carbocycles. The molecular weight excluding hydrogens is 194 g/mol. The minimum atomic E-state index is 1.09. The molecule has 1 heterocycles. The molecule has 0 fully saturated rings. The summed E-state index contributed by atoms with van der Waals surface area (Å²) >= 11 is 0. The van der Waals surface area contributed by atoms with Crippen molar-refractivity contribution in [2.24, 2.45) is 0 Å². The first-order valence-electron chi connectivity index (χ1n) is 5.65. The lowest BCUT2D eigenvalue weighted by Crippen LogP contribution is -1.78. The minimum absolute atomic E-state index is 1.09. The van der Waals surface area contributed by atoms with Crippen LogP contribution >= 0.6 is 0 Å². The second-order valence-corrected chi connectivity index (χ2v) is 3.87. The van der Waals surface area contributed by atoms with Crippen LogP contribution in [-0.2, 0) is 0 Å². The van der Waals surface area contributed by atoms with E-state index >= 15 is 0 Å². The number of nitrogens with zero attached hydrogens (tertiary/aromatic N) is 1. The van der Waals surface area contributed by atoms with E-state index in [1.807, 2.05) is 25.4 Å². The van der Waals surface area contributed by atoms with Gasteiger partial charge in [-0.1, -0.05) is 42.9 Å². The van der Waals surface area contributed by atoms with Gasteiger partial charge in [-0.05, 0) is 37.5 Å². The standard InChI is InChI=1S/C15H19N/c1-4-7-13(2)8-5-6-9-15-10-14(3)11-16-12-15/h5-12H,4H2,1-3H3/b8-5-,9-6+,13-7-. The van der Waals surface area contributed by atoms with Crippen LogP contribution in [-0.4, -0.2) is 4.98 Å². The van der Waals surface area contributed by atoms with E-state index in [1.54, 1.807) is 0 Å². The van der Waals surface area contributed by atoms with Gasteiger partial charge in [0.05, 0.1) is 0 Å². The third-order valence-electron chi connectivity index (χ3n) is 2.18. The summed E-state index contributed by atoms with van der Waals surface area (Å²) in [6.45, 7) is 6.31. The maximum absolute atomic E-state index is 4.14. The molecule has 0 N–H and O–H groups in total. The Morgan fingerprint density at radius 2 is 2.12 bits per heavy atom. The van der Waals surface area contributed by atoms with Crippen molar-refractivity contribution in [3.05, 3.63) is 59.5 Å². The van der Waals surface area contributed by atoms with Crippen molar-refractivity contribution in [3.63, 3.8) is 0 Å². The maximum atomic E-state index is 4.14. The molecule has 0 unspecified atom stereocenters. The fourth-order valence-corrected chi connectivity index (χ4v) is 1.43. The zero-order chi connectivity index (χ0) is 11.8. The summed E-state index contributed by atoms with van der Waals surface area (Å²) in [4.78, 5) is 4.14. The van der Waals surface area contributed by atoms with Gasteiger partial charge in [-0.3, -0.25) is 4.98 Å². The van der Waals surface area contributed by atoms with E-state index in [1.165, 1.54) is 11.1 Å². The number of pyridine rings is 1. The molecule has 16 heavy (non-hydrogen) atoms. The highest BCUT2D eigenvalue weighted by molar-refractivity contribution is 5.50. The molecule has 0 radical (unpaired) electrons. The fraction of sp³-hybridized carbons (Fsp3) is 0.267. The lowest BCUT2D eigenvalue weighted by molar-refractivity contribution is 1.20. The summed E-state index contributed by atoms with van der Waals surface area (Å²) in [6, 6.07) is 2.12. The van der Waals surface area contributed by atoms with Crippen LogP contribution in [0.2, 0.25) is 0 Å². The van der Waals surface area contributed by atoms with E-state index in [-0.39, 0.29) is 0 Å². The van der Waals surface area contributed by atoms with Crippen LogP contribution < -0.4 is 0 Å². The predicted octanol–water partition coefficient (Wildman–Crippen LogP) is 4.32. The first-order valence-corrected chi connectivity index (χ1v) is 5.65. The van der Waals surface area contributed by atoms with Crippen LogP contribution in [0.3, 0.4) is 0 Å². The zero-order valence-electron chi connectivity index (χ0n) is 10.3. The average Bonchev–Trinajstić information content (AvgIpc) is 2.25. The van der Waals surface area contributed by atoms with Crippen molar-refractivity contribution in [2.75, 3.05) is 0 Å². The Bertz CT molecular complexity index is 411. The number of allylic oxidation sites excluding steroid dienone is 5. The number of hydrogen-bond acceptors (Lipinski definition) is 1. The molecule has 0 bridgehead atoms. The minimum Gasteiger partial charge on any atom is -0.264 e. The predicted molar refractivity (Wildman–Crippen MR) is 71.2 cm³/mol. The van der Waals surface area contributed by atoms with Crippen molar-refractivity contribution < 1.29 is 0 Å². The molecule has 1 aromatic rings. The molecule has 84 valence electrons. The largest absolute Gasteiger partial charge is 0.264 e. The van der Waals surface area contributed by atoms with Crippen molar-refractivity contribution in [3.8, 4) is 0 Å². The van der Waals surface area contributed by atoms with Gasteiger partial charge in [0.2, 0.25) is 0 Å². The van der Waals surface area contributed by atoms with Crippen LogP contribution in [0.25, 0.3) is 6.08 Å². The lowest BCUT2D eigenvalue weighted by atomic mass is 10.2. The van der Waals surface area contributed by atoms with E-state index < -0.39 is 0 Å².